The predicted molar refractivity (Wildman–Crippen MR) is 101 cm³/mol. The second-order valence-electron chi connectivity index (χ2n) is 7.37. The van der Waals surface area contributed by atoms with Gasteiger partial charge in [0.2, 0.25) is 15.9 Å². The first-order valence-electron chi connectivity index (χ1n) is 9.64. The summed E-state index contributed by atoms with van der Waals surface area (Å²) in [6.45, 7) is 8.91. The Kier molecular flexibility index (Phi) is 5.99. The van der Waals surface area contributed by atoms with E-state index in [1.165, 1.54) is 9.21 Å². The Balaban J connectivity index is 1.79. The van der Waals surface area contributed by atoms with Crippen molar-refractivity contribution in [1.82, 2.24) is 9.21 Å². The van der Waals surface area contributed by atoms with Crippen molar-refractivity contribution in [1.29, 1.82) is 0 Å². The third kappa shape index (κ3) is 3.94. The topological polar surface area (TPSA) is 62.1 Å². The van der Waals surface area contributed by atoms with Gasteiger partial charge in [-0.05, 0) is 38.8 Å². The van der Waals surface area contributed by atoms with Crippen LogP contribution < -0.4 is 4.90 Å². The molecule has 0 spiro atoms. The molecule has 3 rings (SSSR count). The highest BCUT2D eigenvalue weighted by atomic mass is 32.2. The van der Waals surface area contributed by atoms with Crippen LogP contribution in [0.2, 0.25) is 0 Å². The number of nitrogens with zero attached hydrogens (tertiary/aromatic N) is 2. The monoisotopic (exact) mass is 380 g/mol. The van der Waals surface area contributed by atoms with Crippen molar-refractivity contribution < 1.29 is 18.1 Å². The van der Waals surface area contributed by atoms with Gasteiger partial charge in [-0.3, -0.25) is 4.79 Å². The molecule has 26 heavy (non-hydrogen) atoms. The lowest BCUT2D eigenvalue weighted by molar-refractivity contribution is -0.902. The molecule has 0 radical (unpaired) electrons. The predicted octanol–water partition coefficient (Wildman–Crippen LogP) is 0.285. The SMILES string of the molecule is CC[NH+]1CCN(C(=O)[C@H]2CCCCN2S(=O)(=O)c2ccc(C)cc2)CC1. The van der Waals surface area contributed by atoms with Crippen molar-refractivity contribution in [3.8, 4) is 0 Å². The van der Waals surface area contributed by atoms with Gasteiger partial charge >= 0.3 is 0 Å². The number of benzene rings is 1. The standard InChI is InChI=1S/C19H29N3O3S/c1-3-20-12-14-21(15-13-20)19(23)18-6-4-5-11-22(18)26(24,25)17-9-7-16(2)8-10-17/h7-10,18H,3-6,11-15H2,1-2H3/p+1/t18-/m1/s1. The summed E-state index contributed by atoms with van der Waals surface area (Å²) in [4.78, 5) is 16.8. The van der Waals surface area contributed by atoms with Crippen LogP contribution in [0.1, 0.15) is 31.7 Å². The maximum Gasteiger partial charge on any atom is 0.243 e. The Morgan fingerprint density at radius 3 is 2.38 bits per heavy atom. The Hall–Kier alpha value is -1.44. The summed E-state index contributed by atoms with van der Waals surface area (Å²) in [5, 5.41) is 0. The number of carbonyl (C=O) groups excluding carboxylic acids is 1. The van der Waals surface area contributed by atoms with Gasteiger partial charge in [0.25, 0.3) is 0 Å². The number of hydrogen-bond donors (Lipinski definition) is 1. The van der Waals surface area contributed by atoms with Crippen LogP contribution in [0.15, 0.2) is 29.2 Å². The summed E-state index contributed by atoms with van der Waals surface area (Å²) >= 11 is 0. The largest absolute Gasteiger partial charge is 0.332 e. The summed E-state index contributed by atoms with van der Waals surface area (Å²) < 4.78 is 27.7. The molecule has 2 aliphatic heterocycles. The van der Waals surface area contributed by atoms with Crippen LogP contribution in [0.3, 0.4) is 0 Å². The van der Waals surface area contributed by atoms with Gasteiger partial charge in [0.15, 0.2) is 0 Å². The second-order valence-corrected chi connectivity index (χ2v) is 9.26. The molecule has 144 valence electrons. The molecular formula is C19H30N3O3S+. The minimum Gasteiger partial charge on any atom is -0.332 e. The van der Waals surface area contributed by atoms with E-state index in [1.54, 1.807) is 24.3 Å². The zero-order valence-corrected chi connectivity index (χ0v) is 16.6. The van der Waals surface area contributed by atoms with E-state index in [1.807, 2.05) is 11.8 Å². The van der Waals surface area contributed by atoms with Gasteiger partial charge < -0.3 is 9.80 Å². The lowest BCUT2D eigenvalue weighted by Crippen LogP contribution is -3.14. The van der Waals surface area contributed by atoms with Gasteiger partial charge in [0.1, 0.15) is 6.04 Å². The molecule has 0 unspecified atom stereocenters. The zero-order valence-electron chi connectivity index (χ0n) is 15.8. The van der Waals surface area contributed by atoms with Crippen molar-refractivity contribution in [2.24, 2.45) is 0 Å². The lowest BCUT2D eigenvalue weighted by Gasteiger charge is -2.39. The molecule has 1 amide bonds. The molecular weight excluding hydrogens is 350 g/mol. The Labute approximate surface area is 156 Å². The number of hydrogen-bond acceptors (Lipinski definition) is 3. The Morgan fingerprint density at radius 1 is 1.12 bits per heavy atom. The van der Waals surface area contributed by atoms with E-state index in [0.29, 0.717) is 13.0 Å². The minimum atomic E-state index is -3.65. The number of aryl methyl sites for hydroxylation is 1. The first kappa shape index (κ1) is 19.3. The van der Waals surface area contributed by atoms with E-state index in [-0.39, 0.29) is 10.8 Å². The van der Waals surface area contributed by atoms with E-state index in [2.05, 4.69) is 6.92 Å². The number of rotatable bonds is 4. The highest BCUT2D eigenvalue weighted by molar-refractivity contribution is 7.89. The molecule has 0 aromatic heterocycles. The molecule has 1 aromatic carbocycles. The van der Waals surface area contributed by atoms with E-state index in [4.69, 9.17) is 0 Å². The Bertz CT molecular complexity index is 725. The van der Waals surface area contributed by atoms with Gasteiger partial charge in [-0.15, -0.1) is 0 Å². The second kappa shape index (κ2) is 8.06. The number of nitrogens with one attached hydrogen (secondary N) is 1. The van der Waals surface area contributed by atoms with Crippen LogP contribution in [-0.4, -0.2) is 68.8 Å². The number of piperazine rings is 1. The quantitative estimate of drug-likeness (QED) is 0.817. The molecule has 1 N–H and O–H groups in total. The number of piperidine rings is 1. The molecule has 0 saturated carbocycles. The van der Waals surface area contributed by atoms with Crippen molar-refractivity contribution in [2.75, 3.05) is 39.3 Å². The highest BCUT2D eigenvalue weighted by Gasteiger charge is 2.40. The van der Waals surface area contributed by atoms with Crippen molar-refractivity contribution in [3.05, 3.63) is 29.8 Å². The van der Waals surface area contributed by atoms with Crippen LogP contribution in [-0.2, 0) is 14.8 Å². The van der Waals surface area contributed by atoms with Gasteiger partial charge in [0, 0.05) is 6.54 Å². The average Bonchev–Trinajstić information content (AvgIpc) is 2.68. The van der Waals surface area contributed by atoms with Gasteiger partial charge in [-0.1, -0.05) is 24.1 Å². The van der Waals surface area contributed by atoms with Gasteiger partial charge in [-0.25, -0.2) is 8.42 Å². The van der Waals surface area contributed by atoms with E-state index in [0.717, 1.165) is 51.1 Å². The molecule has 2 saturated heterocycles. The average molecular weight is 381 g/mol. The smallest absolute Gasteiger partial charge is 0.243 e. The Morgan fingerprint density at radius 2 is 1.77 bits per heavy atom. The van der Waals surface area contributed by atoms with Gasteiger partial charge in [0.05, 0.1) is 37.6 Å². The molecule has 7 heteroatoms. The summed E-state index contributed by atoms with van der Waals surface area (Å²) in [5.74, 6) is -0.0180. The molecule has 1 aromatic rings. The third-order valence-corrected chi connectivity index (χ3v) is 7.57. The van der Waals surface area contributed by atoms with Crippen LogP contribution >= 0.6 is 0 Å². The number of sulfonamides is 1. The summed E-state index contributed by atoms with van der Waals surface area (Å²) in [6, 6.07) is 6.34. The molecule has 2 heterocycles. The number of amides is 1. The number of quaternary nitrogens is 1. The fourth-order valence-corrected chi connectivity index (χ4v) is 5.54. The van der Waals surface area contributed by atoms with Crippen LogP contribution in [0.25, 0.3) is 0 Å². The van der Waals surface area contributed by atoms with Crippen molar-refractivity contribution in [2.45, 2.75) is 44.0 Å². The van der Waals surface area contributed by atoms with Gasteiger partial charge in [-0.2, -0.15) is 4.31 Å². The number of carbonyl (C=O) groups is 1. The minimum absolute atomic E-state index is 0.0180. The van der Waals surface area contributed by atoms with E-state index < -0.39 is 16.1 Å². The maximum absolute atomic E-state index is 13.1. The maximum atomic E-state index is 13.1. The fraction of sp³-hybridized carbons (Fsp3) is 0.632. The van der Waals surface area contributed by atoms with Crippen LogP contribution in [0.5, 0.6) is 0 Å². The lowest BCUT2D eigenvalue weighted by atomic mass is 10.0. The zero-order chi connectivity index (χ0) is 18.7. The normalized spacial score (nSPS) is 23.2. The number of likely N-dealkylation sites (N-methyl/N-ethyl adjacent to an activating group) is 1. The molecule has 0 bridgehead atoms. The molecule has 2 aliphatic rings. The van der Waals surface area contributed by atoms with Crippen molar-refractivity contribution in [3.63, 3.8) is 0 Å². The molecule has 0 aliphatic carbocycles. The van der Waals surface area contributed by atoms with Crippen LogP contribution in [0.4, 0.5) is 0 Å². The third-order valence-electron chi connectivity index (χ3n) is 5.65. The summed E-state index contributed by atoms with van der Waals surface area (Å²) in [5.41, 5.74) is 1.02. The first-order chi connectivity index (χ1) is 12.4. The van der Waals surface area contributed by atoms with Crippen LogP contribution in [0, 0.1) is 6.92 Å². The summed E-state index contributed by atoms with van der Waals surface area (Å²) in [7, 11) is -3.65. The summed E-state index contributed by atoms with van der Waals surface area (Å²) in [6.07, 6.45) is 2.32. The highest BCUT2D eigenvalue weighted by Crippen LogP contribution is 2.26. The molecule has 1 atom stereocenters. The first-order valence-corrected chi connectivity index (χ1v) is 11.1. The van der Waals surface area contributed by atoms with E-state index in [9.17, 15) is 13.2 Å². The fourth-order valence-electron chi connectivity index (χ4n) is 3.89. The van der Waals surface area contributed by atoms with E-state index >= 15 is 0 Å². The molecule has 6 nitrogen and oxygen atoms in total. The van der Waals surface area contributed by atoms with Crippen molar-refractivity contribution >= 4 is 15.9 Å². The molecule has 2 fully saturated rings.